The van der Waals surface area contributed by atoms with Gasteiger partial charge in [0, 0.05) is 37.7 Å². The second-order valence-electron chi connectivity index (χ2n) is 6.88. The highest BCUT2D eigenvalue weighted by Crippen LogP contribution is 2.22. The van der Waals surface area contributed by atoms with Gasteiger partial charge in [-0.25, -0.2) is 15.0 Å². The number of aliphatic hydroxyl groups is 1. The summed E-state index contributed by atoms with van der Waals surface area (Å²) < 4.78 is 2.09. The van der Waals surface area contributed by atoms with Crippen LogP contribution in [0.2, 0.25) is 0 Å². The van der Waals surface area contributed by atoms with Crippen LogP contribution in [0.25, 0.3) is 5.65 Å². The second kappa shape index (κ2) is 7.29. The number of piperidine rings is 1. The Morgan fingerprint density at radius 2 is 2.23 bits per heavy atom. The van der Waals surface area contributed by atoms with Crippen LogP contribution in [0.15, 0.2) is 36.8 Å². The normalized spacial score (nSPS) is 17.6. The summed E-state index contributed by atoms with van der Waals surface area (Å²) in [7, 11) is 0. The first-order valence-corrected chi connectivity index (χ1v) is 9.08. The maximum Gasteiger partial charge on any atom is 0.137 e. The lowest BCUT2D eigenvalue weighted by molar-refractivity contribution is 0.208. The van der Waals surface area contributed by atoms with Crippen molar-refractivity contribution in [2.45, 2.75) is 26.3 Å². The van der Waals surface area contributed by atoms with Crippen molar-refractivity contribution in [3.8, 4) is 0 Å². The van der Waals surface area contributed by atoms with Crippen LogP contribution >= 0.6 is 0 Å². The molecular weight excluding hydrogens is 328 g/mol. The third-order valence-electron chi connectivity index (χ3n) is 4.95. The van der Waals surface area contributed by atoms with Gasteiger partial charge in [-0.3, -0.25) is 0 Å². The zero-order chi connectivity index (χ0) is 17.9. The SMILES string of the molecule is Cc1cccc2nc(CNc3cc(N4CCCC(CO)C4)ncn3)cn12. The fourth-order valence-electron chi connectivity index (χ4n) is 3.50. The van der Waals surface area contributed by atoms with E-state index < -0.39 is 0 Å². The molecule has 0 spiro atoms. The minimum atomic E-state index is 0.236. The Kier molecular flexibility index (Phi) is 4.71. The Bertz CT molecular complexity index is 893. The third kappa shape index (κ3) is 3.48. The fourth-order valence-corrected chi connectivity index (χ4v) is 3.50. The van der Waals surface area contributed by atoms with Gasteiger partial charge in [-0.1, -0.05) is 6.07 Å². The number of aliphatic hydroxyl groups excluding tert-OH is 1. The van der Waals surface area contributed by atoms with E-state index in [1.54, 1.807) is 6.33 Å². The summed E-state index contributed by atoms with van der Waals surface area (Å²) >= 11 is 0. The van der Waals surface area contributed by atoms with Crippen LogP contribution in [0, 0.1) is 12.8 Å². The van der Waals surface area contributed by atoms with Gasteiger partial charge in [0.05, 0.1) is 12.2 Å². The van der Waals surface area contributed by atoms with E-state index >= 15 is 0 Å². The number of pyridine rings is 1. The number of anilines is 2. The van der Waals surface area contributed by atoms with Gasteiger partial charge >= 0.3 is 0 Å². The maximum atomic E-state index is 9.42. The highest BCUT2D eigenvalue weighted by atomic mass is 16.3. The molecule has 7 nitrogen and oxygen atoms in total. The predicted octanol–water partition coefficient (Wildman–Crippen LogP) is 2.25. The van der Waals surface area contributed by atoms with E-state index in [2.05, 4.69) is 48.8 Å². The van der Waals surface area contributed by atoms with E-state index in [4.69, 9.17) is 0 Å². The van der Waals surface area contributed by atoms with E-state index in [1.807, 2.05) is 18.2 Å². The summed E-state index contributed by atoms with van der Waals surface area (Å²) in [6.45, 7) is 4.73. The van der Waals surface area contributed by atoms with E-state index in [1.165, 1.54) is 0 Å². The number of fused-ring (bicyclic) bond motifs is 1. The number of nitrogens with one attached hydrogen (secondary N) is 1. The van der Waals surface area contributed by atoms with Crippen LogP contribution in [0.3, 0.4) is 0 Å². The molecular formula is C19H24N6O. The average molecular weight is 352 g/mol. The molecule has 3 aromatic rings. The quantitative estimate of drug-likeness (QED) is 0.733. The fraction of sp³-hybridized carbons (Fsp3) is 0.421. The van der Waals surface area contributed by atoms with Crippen molar-refractivity contribution in [2.24, 2.45) is 5.92 Å². The topological polar surface area (TPSA) is 78.6 Å². The van der Waals surface area contributed by atoms with Crippen LogP contribution in [0.5, 0.6) is 0 Å². The van der Waals surface area contributed by atoms with Crippen molar-refractivity contribution < 1.29 is 5.11 Å². The number of rotatable bonds is 5. The van der Waals surface area contributed by atoms with E-state index in [9.17, 15) is 5.11 Å². The average Bonchev–Trinajstić information content (AvgIpc) is 3.11. The molecule has 7 heteroatoms. The minimum absolute atomic E-state index is 0.236. The van der Waals surface area contributed by atoms with Gasteiger partial charge in [-0.05, 0) is 37.8 Å². The molecule has 1 unspecified atom stereocenters. The van der Waals surface area contributed by atoms with Crippen LogP contribution in [0.1, 0.15) is 24.2 Å². The molecule has 4 rings (SSSR count). The van der Waals surface area contributed by atoms with Gasteiger partial charge in [0.15, 0.2) is 0 Å². The molecule has 1 saturated heterocycles. The number of aromatic nitrogens is 4. The first-order chi connectivity index (χ1) is 12.7. The zero-order valence-electron chi connectivity index (χ0n) is 15.0. The second-order valence-corrected chi connectivity index (χ2v) is 6.88. The Hall–Kier alpha value is -2.67. The smallest absolute Gasteiger partial charge is 0.137 e. The van der Waals surface area contributed by atoms with Crippen LogP contribution < -0.4 is 10.2 Å². The molecule has 0 radical (unpaired) electrons. The molecule has 1 aliphatic rings. The summed E-state index contributed by atoms with van der Waals surface area (Å²) in [5.41, 5.74) is 3.08. The number of aryl methyl sites for hydroxylation is 1. The molecule has 0 amide bonds. The van der Waals surface area contributed by atoms with Gasteiger partial charge in [-0.2, -0.15) is 0 Å². The molecule has 1 atom stereocenters. The molecule has 4 heterocycles. The van der Waals surface area contributed by atoms with Gasteiger partial charge in [0.25, 0.3) is 0 Å². The lowest BCUT2D eigenvalue weighted by atomic mass is 9.99. The molecule has 26 heavy (non-hydrogen) atoms. The Balaban J connectivity index is 1.45. The summed E-state index contributed by atoms with van der Waals surface area (Å²) in [5, 5.41) is 12.8. The van der Waals surface area contributed by atoms with Gasteiger partial charge in [0.2, 0.25) is 0 Å². The molecule has 1 fully saturated rings. The van der Waals surface area contributed by atoms with Crippen LogP contribution in [-0.2, 0) is 6.54 Å². The highest BCUT2D eigenvalue weighted by molar-refractivity contribution is 5.49. The molecule has 3 aromatic heterocycles. The van der Waals surface area contributed by atoms with Crippen LogP contribution in [0.4, 0.5) is 11.6 Å². The van der Waals surface area contributed by atoms with Crippen molar-refractivity contribution in [3.63, 3.8) is 0 Å². The number of hydrogen-bond acceptors (Lipinski definition) is 6. The zero-order valence-corrected chi connectivity index (χ0v) is 15.0. The molecule has 0 saturated carbocycles. The first kappa shape index (κ1) is 16.8. The maximum absolute atomic E-state index is 9.42. The monoisotopic (exact) mass is 352 g/mol. The minimum Gasteiger partial charge on any atom is -0.396 e. The summed E-state index contributed by atoms with van der Waals surface area (Å²) in [6.07, 6.45) is 5.80. The summed E-state index contributed by atoms with van der Waals surface area (Å²) in [5.74, 6) is 2.03. The Morgan fingerprint density at radius 3 is 3.08 bits per heavy atom. The number of imidazole rings is 1. The molecule has 0 bridgehead atoms. The lowest BCUT2D eigenvalue weighted by Crippen LogP contribution is -2.37. The molecule has 136 valence electrons. The summed E-state index contributed by atoms with van der Waals surface area (Å²) in [4.78, 5) is 15.6. The predicted molar refractivity (Wildman–Crippen MR) is 101 cm³/mol. The van der Waals surface area contributed by atoms with Gasteiger partial charge < -0.3 is 19.7 Å². The standard InChI is InChI=1S/C19H24N6O/c1-14-4-2-6-18-23-16(11-25(14)18)9-20-17-8-19(22-13-21-17)24-7-3-5-15(10-24)12-26/h2,4,6,8,11,13,15,26H,3,5,7,9-10,12H2,1H3,(H,20,21,22). The summed E-state index contributed by atoms with van der Waals surface area (Å²) in [6, 6.07) is 8.07. The highest BCUT2D eigenvalue weighted by Gasteiger charge is 2.20. The van der Waals surface area contributed by atoms with Crippen molar-refractivity contribution in [2.75, 3.05) is 29.9 Å². The van der Waals surface area contributed by atoms with E-state index in [0.717, 1.165) is 54.6 Å². The molecule has 0 aliphatic carbocycles. The van der Waals surface area contributed by atoms with Crippen molar-refractivity contribution in [1.29, 1.82) is 0 Å². The molecule has 2 N–H and O–H groups in total. The third-order valence-corrected chi connectivity index (χ3v) is 4.95. The van der Waals surface area contributed by atoms with Gasteiger partial charge in [-0.15, -0.1) is 0 Å². The largest absolute Gasteiger partial charge is 0.396 e. The first-order valence-electron chi connectivity index (χ1n) is 9.08. The van der Waals surface area contributed by atoms with E-state index in [-0.39, 0.29) is 6.61 Å². The van der Waals surface area contributed by atoms with E-state index in [0.29, 0.717) is 12.5 Å². The van der Waals surface area contributed by atoms with Gasteiger partial charge in [0.1, 0.15) is 23.6 Å². The molecule has 1 aliphatic heterocycles. The number of hydrogen-bond donors (Lipinski definition) is 2. The van der Waals surface area contributed by atoms with Crippen molar-refractivity contribution >= 4 is 17.3 Å². The molecule has 0 aromatic carbocycles. The van der Waals surface area contributed by atoms with Crippen molar-refractivity contribution in [3.05, 3.63) is 48.2 Å². The number of nitrogens with zero attached hydrogens (tertiary/aromatic N) is 5. The lowest BCUT2D eigenvalue weighted by Gasteiger charge is -2.32. The van der Waals surface area contributed by atoms with Crippen LogP contribution in [-0.4, -0.2) is 44.2 Å². The Morgan fingerprint density at radius 1 is 1.31 bits per heavy atom. The Labute approximate surface area is 152 Å². The van der Waals surface area contributed by atoms with Crippen molar-refractivity contribution in [1.82, 2.24) is 19.4 Å².